The molecule has 3 heterocycles. The summed E-state index contributed by atoms with van der Waals surface area (Å²) in [5.41, 5.74) is 3.01. The van der Waals surface area contributed by atoms with E-state index in [1.165, 1.54) is 4.90 Å². The van der Waals surface area contributed by atoms with E-state index in [0.717, 1.165) is 53.1 Å². The van der Waals surface area contributed by atoms with E-state index >= 15 is 0 Å². The van der Waals surface area contributed by atoms with Crippen molar-refractivity contribution >= 4 is 45.8 Å². The lowest BCUT2D eigenvalue weighted by Gasteiger charge is -2.27. The van der Waals surface area contributed by atoms with E-state index in [2.05, 4.69) is 13.0 Å². The summed E-state index contributed by atoms with van der Waals surface area (Å²) in [7, 11) is 0. The first-order valence-electron chi connectivity index (χ1n) is 11.2. The van der Waals surface area contributed by atoms with Crippen molar-refractivity contribution in [1.82, 2.24) is 14.4 Å². The second kappa shape index (κ2) is 9.92. The summed E-state index contributed by atoms with van der Waals surface area (Å²) >= 11 is 0.992. The number of morpholine rings is 1. The fourth-order valence-electron chi connectivity index (χ4n) is 4.20. The van der Waals surface area contributed by atoms with Crippen LogP contribution in [0.5, 0.6) is 0 Å². The lowest BCUT2D eigenvalue weighted by atomic mass is 10.1. The monoisotopic (exact) mass is 455 g/mol. The molecular weight excluding hydrogens is 426 g/mol. The predicted octanol–water partition coefficient (Wildman–Crippen LogP) is 3.90. The molecular formula is C24H29N3O4S. The van der Waals surface area contributed by atoms with Crippen LogP contribution in [0.1, 0.15) is 37.8 Å². The van der Waals surface area contributed by atoms with E-state index < -0.39 is 0 Å². The van der Waals surface area contributed by atoms with Crippen molar-refractivity contribution in [3.63, 3.8) is 0 Å². The van der Waals surface area contributed by atoms with Crippen LogP contribution in [0.25, 0.3) is 17.0 Å². The Bertz CT molecular complexity index is 1070. The normalized spacial score (nSPS) is 18.4. The van der Waals surface area contributed by atoms with Crippen LogP contribution in [0.3, 0.4) is 0 Å². The average Bonchev–Trinajstić information content (AvgIpc) is 3.29. The van der Waals surface area contributed by atoms with Crippen molar-refractivity contribution in [1.29, 1.82) is 0 Å². The number of fused-ring (bicyclic) bond motifs is 1. The number of aromatic nitrogens is 1. The Morgan fingerprint density at radius 3 is 2.69 bits per heavy atom. The largest absolute Gasteiger partial charge is 0.378 e. The molecule has 2 aliphatic heterocycles. The van der Waals surface area contributed by atoms with Crippen LogP contribution in [0, 0.1) is 0 Å². The zero-order valence-corrected chi connectivity index (χ0v) is 19.5. The Morgan fingerprint density at radius 2 is 1.97 bits per heavy atom. The molecule has 170 valence electrons. The summed E-state index contributed by atoms with van der Waals surface area (Å²) in [5, 5.41) is 0.773. The smallest absolute Gasteiger partial charge is 0.293 e. The molecule has 2 fully saturated rings. The number of unbranched alkanes of at least 4 members (excludes halogenated alkanes) is 1. The summed E-state index contributed by atoms with van der Waals surface area (Å²) in [4.78, 5) is 41.7. The highest BCUT2D eigenvalue weighted by molar-refractivity contribution is 8.18. The Hall–Kier alpha value is -2.58. The molecule has 0 aliphatic carbocycles. The molecule has 1 aromatic carbocycles. The van der Waals surface area contributed by atoms with Crippen molar-refractivity contribution in [3.05, 3.63) is 40.4 Å². The fraction of sp³-hybridized carbons (Fsp3) is 0.458. The van der Waals surface area contributed by atoms with Gasteiger partial charge in [0.05, 0.1) is 23.6 Å². The number of carbonyl (C=O) groups excluding carboxylic acids is 3. The molecule has 8 heteroatoms. The van der Waals surface area contributed by atoms with Crippen LogP contribution in [-0.4, -0.2) is 64.3 Å². The second-order valence-electron chi connectivity index (χ2n) is 8.06. The molecule has 0 unspecified atom stereocenters. The number of para-hydroxylation sites is 1. The van der Waals surface area contributed by atoms with E-state index in [4.69, 9.17) is 4.74 Å². The molecule has 2 aromatic rings. The average molecular weight is 456 g/mol. The minimum Gasteiger partial charge on any atom is -0.378 e. The van der Waals surface area contributed by atoms with Gasteiger partial charge in [-0.15, -0.1) is 0 Å². The van der Waals surface area contributed by atoms with Gasteiger partial charge in [-0.1, -0.05) is 38.5 Å². The van der Waals surface area contributed by atoms with Gasteiger partial charge in [0.2, 0.25) is 5.91 Å². The van der Waals surface area contributed by atoms with Gasteiger partial charge in [0.1, 0.15) is 6.54 Å². The van der Waals surface area contributed by atoms with Crippen LogP contribution in [0.2, 0.25) is 0 Å². The third-order valence-corrected chi connectivity index (χ3v) is 6.87. The molecule has 0 atom stereocenters. The number of thioether (sulfide) groups is 1. The number of ether oxygens (including phenoxy) is 1. The van der Waals surface area contributed by atoms with Crippen LogP contribution in [0.4, 0.5) is 4.79 Å². The maximum atomic E-state index is 12.9. The van der Waals surface area contributed by atoms with Gasteiger partial charge in [-0.05, 0) is 36.2 Å². The standard InChI is InChI=1S/C24H29N3O4S/c1-3-5-9-27-23(29)20(32-24(27)30)14-18-15-26(16-21(28)25-10-12-31-13-11-25)22-17(4-2)7-6-8-19(18)22/h6-8,14-15H,3-5,9-13,16H2,1-2H3/b20-14-. The maximum Gasteiger partial charge on any atom is 0.293 e. The van der Waals surface area contributed by atoms with Crippen molar-refractivity contribution in [2.24, 2.45) is 0 Å². The van der Waals surface area contributed by atoms with E-state index in [1.54, 1.807) is 6.08 Å². The number of benzene rings is 1. The van der Waals surface area contributed by atoms with E-state index in [1.807, 2.05) is 34.7 Å². The summed E-state index contributed by atoms with van der Waals surface area (Å²) in [6.07, 6.45) is 6.29. The summed E-state index contributed by atoms with van der Waals surface area (Å²) in [6.45, 7) is 7.16. The van der Waals surface area contributed by atoms with Gasteiger partial charge >= 0.3 is 0 Å². The summed E-state index contributed by atoms with van der Waals surface area (Å²) < 4.78 is 7.35. The number of hydrogen-bond donors (Lipinski definition) is 0. The minimum atomic E-state index is -0.231. The van der Waals surface area contributed by atoms with Crippen molar-refractivity contribution in [2.45, 2.75) is 39.7 Å². The van der Waals surface area contributed by atoms with Gasteiger partial charge < -0.3 is 14.2 Å². The van der Waals surface area contributed by atoms with Gasteiger partial charge in [-0.2, -0.15) is 0 Å². The molecule has 2 aliphatic rings. The molecule has 4 rings (SSSR count). The molecule has 0 N–H and O–H groups in total. The molecule has 32 heavy (non-hydrogen) atoms. The molecule has 0 spiro atoms. The molecule has 0 radical (unpaired) electrons. The third kappa shape index (κ3) is 4.47. The van der Waals surface area contributed by atoms with Crippen LogP contribution in [-0.2, 0) is 27.3 Å². The van der Waals surface area contributed by atoms with Crippen molar-refractivity contribution in [3.8, 4) is 0 Å². The molecule has 1 aromatic heterocycles. The first-order valence-corrected chi connectivity index (χ1v) is 12.1. The molecule has 7 nitrogen and oxygen atoms in total. The summed E-state index contributed by atoms with van der Waals surface area (Å²) in [5.74, 6) is -0.173. The van der Waals surface area contributed by atoms with Crippen LogP contribution >= 0.6 is 11.8 Å². The zero-order valence-electron chi connectivity index (χ0n) is 18.6. The molecule has 0 bridgehead atoms. The predicted molar refractivity (Wildman–Crippen MR) is 126 cm³/mol. The van der Waals surface area contributed by atoms with Gasteiger partial charge in [-0.3, -0.25) is 19.3 Å². The number of carbonyl (C=O) groups is 3. The number of imide groups is 1. The highest BCUT2D eigenvalue weighted by Crippen LogP contribution is 2.35. The third-order valence-electron chi connectivity index (χ3n) is 5.96. The Morgan fingerprint density at radius 1 is 1.19 bits per heavy atom. The maximum absolute atomic E-state index is 12.9. The first kappa shape index (κ1) is 22.6. The Labute approximate surface area is 192 Å². The SMILES string of the molecule is CCCCN1C(=O)S/C(=C\c2cn(CC(=O)N3CCOCC3)c3c(CC)cccc23)C1=O. The molecule has 2 saturated heterocycles. The highest BCUT2D eigenvalue weighted by atomic mass is 32.2. The Kier molecular flexibility index (Phi) is 7.01. The number of aryl methyl sites for hydroxylation is 1. The van der Waals surface area contributed by atoms with E-state index in [0.29, 0.717) is 37.8 Å². The minimum absolute atomic E-state index is 0.0579. The number of hydrogen-bond acceptors (Lipinski definition) is 5. The van der Waals surface area contributed by atoms with E-state index in [9.17, 15) is 14.4 Å². The lowest BCUT2D eigenvalue weighted by molar-refractivity contribution is -0.135. The van der Waals surface area contributed by atoms with Gasteiger partial charge in [0.25, 0.3) is 11.1 Å². The van der Waals surface area contributed by atoms with Gasteiger partial charge in [0, 0.05) is 36.8 Å². The van der Waals surface area contributed by atoms with Crippen LogP contribution in [0.15, 0.2) is 29.3 Å². The Balaban J connectivity index is 1.68. The van der Waals surface area contributed by atoms with Crippen molar-refractivity contribution < 1.29 is 19.1 Å². The number of nitrogens with zero attached hydrogens (tertiary/aromatic N) is 3. The topological polar surface area (TPSA) is 71.8 Å². The van der Waals surface area contributed by atoms with E-state index in [-0.39, 0.29) is 23.6 Å². The first-order chi connectivity index (χ1) is 15.5. The fourth-order valence-corrected chi connectivity index (χ4v) is 5.06. The number of rotatable bonds is 7. The number of amides is 3. The highest BCUT2D eigenvalue weighted by Gasteiger charge is 2.34. The van der Waals surface area contributed by atoms with Gasteiger partial charge in [0.15, 0.2) is 0 Å². The lowest BCUT2D eigenvalue weighted by Crippen LogP contribution is -2.42. The molecule has 3 amide bonds. The van der Waals surface area contributed by atoms with Crippen LogP contribution < -0.4 is 0 Å². The van der Waals surface area contributed by atoms with Crippen molar-refractivity contribution in [2.75, 3.05) is 32.8 Å². The zero-order chi connectivity index (χ0) is 22.7. The summed E-state index contributed by atoms with van der Waals surface area (Å²) in [6, 6.07) is 6.08. The quantitative estimate of drug-likeness (QED) is 0.592. The van der Waals surface area contributed by atoms with Gasteiger partial charge in [-0.25, -0.2) is 0 Å². The second-order valence-corrected chi connectivity index (χ2v) is 9.05. The molecule has 0 saturated carbocycles.